The van der Waals surface area contributed by atoms with E-state index in [0.29, 0.717) is 42.9 Å². The minimum atomic E-state index is -3.86. The average Bonchev–Trinajstić information content (AvgIpc) is 2.92. The lowest BCUT2D eigenvalue weighted by Crippen LogP contribution is -2.36. The van der Waals surface area contributed by atoms with Crippen molar-refractivity contribution in [3.05, 3.63) is 96.2 Å². The number of likely N-dealkylation sites (N-methyl/N-ethyl adjacent to an activating group) is 1. The van der Waals surface area contributed by atoms with Gasteiger partial charge in [-0.2, -0.15) is 0 Å². The van der Waals surface area contributed by atoms with E-state index in [1.54, 1.807) is 47.5 Å². The summed E-state index contributed by atoms with van der Waals surface area (Å²) in [6, 6.07) is 23.0. The third-order valence-corrected chi connectivity index (χ3v) is 7.51. The second-order valence-corrected chi connectivity index (χ2v) is 11.0. The molecule has 1 heterocycles. The van der Waals surface area contributed by atoms with Gasteiger partial charge >= 0.3 is 0 Å². The Morgan fingerprint density at radius 1 is 1.00 bits per heavy atom. The van der Waals surface area contributed by atoms with E-state index in [1.165, 1.54) is 6.07 Å². The van der Waals surface area contributed by atoms with Gasteiger partial charge in [0.2, 0.25) is 0 Å². The number of para-hydroxylation sites is 1. The van der Waals surface area contributed by atoms with Gasteiger partial charge in [0.25, 0.3) is 15.9 Å². The Morgan fingerprint density at radius 3 is 2.49 bits per heavy atom. The van der Waals surface area contributed by atoms with Crippen LogP contribution in [0.1, 0.15) is 36.7 Å². The van der Waals surface area contributed by atoms with Crippen molar-refractivity contribution >= 4 is 32.5 Å². The van der Waals surface area contributed by atoms with Gasteiger partial charge < -0.3 is 15.0 Å². The third-order valence-electron chi connectivity index (χ3n) is 6.10. The minimum absolute atomic E-state index is 0.101. The quantitative estimate of drug-likeness (QED) is 0.241. The number of sulfonamides is 1. The highest BCUT2D eigenvalue weighted by molar-refractivity contribution is 7.93. The Bertz CT molecular complexity index is 1520. The van der Waals surface area contributed by atoms with Crippen molar-refractivity contribution < 1.29 is 17.9 Å². The summed E-state index contributed by atoms with van der Waals surface area (Å²) >= 11 is 0. The number of amides is 1. The molecule has 8 nitrogen and oxygen atoms in total. The topological polar surface area (TPSA) is 101 Å². The highest BCUT2D eigenvalue weighted by Crippen LogP contribution is 2.23. The number of carbonyl (C=O) groups excluding carboxylic acids is 1. The molecule has 0 aliphatic heterocycles. The van der Waals surface area contributed by atoms with Crippen LogP contribution < -0.4 is 14.8 Å². The minimum Gasteiger partial charge on any atom is -0.491 e. The molecule has 0 unspecified atom stereocenters. The fourth-order valence-electron chi connectivity index (χ4n) is 4.22. The Hall–Kier alpha value is -3.95. The smallest absolute Gasteiger partial charge is 0.264 e. The number of nitrogens with zero attached hydrogens (tertiary/aromatic N) is 2. The van der Waals surface area contributed by atoms with Crippen molar-refractivity contribution in [1.29, 1.82) is 0 Å². The number of aromatic nitrogens is 1. The van der Waals surface area contributed by atoms with E-state index in [1.807, 2.05) is 57.2 Å². The molecule has 2 N–H and O–H groups in total. The first-order valence-corrected chi connectivity index (χ1v) is 14.5. The van der Waals surface area contributed by atoms with Crippen LogP contribution >= 0.6 is 0 Å². The summed E-state index contributed by atoms with van der Waals surface area (Å²) in [6.45, 7) is 8.33. The normalized spacial score (nSPS) is 11.5. The first-order chi connectivity index (χ1) is 18.8. The summed E-state index contributed by atoms with van der Waals surface area (Å²) in [7, 11) is -3.86. The van der Waals surface area contributed by atoms with Crippen molar-refractivity contribution in [3.63, 3.8) is 0 Å². The number of fused-ring (bicyclic) bond motifs is 1. The largest absolute Gasteiger partial charge is 0.491 e. The molecule has 0 bridgehead atoms. The van der Waals surface area contributed by atoms with Crippen LogP contribution in [0.25, 0.3) is 10.9 Å². The highest BCUT2D eigenvalue weighted by Gasteiger charge is 2.19. The molecule has 0 aliphatic rings. The maximum atomic E-state index is 13.1. The van der Waals surface area contributed by atoms with Crippen LogP contribution in [0.2, 0.25) is 0 Å². The molecule has 4 rings (SSSR count). The predicted molar refractivity (Wildman–Crippen MR) is 154 cm³/mol. The van der Waals surface area contributed by atoms with Gasteiger partial charge in [0.1, 0.15) is 10.6 Å². The molecule has 0 radical (unpaired) electrons. The standard InChI is InChI=1S/C30H34N4O4S/c1-4-34(19-18-31-21-23-8-5-11-27(20-23)38-22(2)3)30(35)25-13-15-26(16-14-25)33-39(36,37)28-12-6-9-24-10-7-17-32-29(24)28/h5-17,20,22,31,33H,4,18-19,21H2,1-3H3. The van der Waals surface area contributed by atoms with Crippen LogP contribution in [-0.2, 0) is 16.6 Å². The number of nitrogens with one attached hydrogen (secondary N) is 2. The van der Waals surface area contributed by atoms with Crippen LogP contribution in [-0.4, -0.2) is 49.9 Å². The lowest BCUT2D eigenvalue weighted by molar-refractivity contribution is 0.0765. The number of rotatable bonds is 12. The van der Waals surface area contributed by atoms with E-state index in [4.69, 9.17) is 4.74 Å². The Morgan fingerprint density at radius 2 is 1.74 bits per heavy atom. The van der Waals surface area contributed by atoms with Gasteiger partial charge in [0.15, 0.2) is 0 Å². The number of anilines is 1. The van der Waals surface area contributed by atoms with E-state index < -0.39 is 10.0 Å². The van der Waals surface area contributed by atoms with Crippen molar-refractivity contribution in [2.45, 2.75) is 38.3 Å². The number of hydrogen-bond acceptors (Lipinski definition) is 6. The van der Waals surface area contributed by atoms with Gasteiger partial charge in [-0.15, -0.1) is 0 Å². The van der Waals surface area contributed by atoms with E-state index in [0.717, 1.165) is 16.7 Å². The molecule has 4 aromatic rings. The molecule has 1 amide bonds. The van der Waals surface area contributed by atoms with E-state index in [9.17, 15) is 13.2 Å². The molecule has 9 heteroatoms. The summed E-state index contributed by atoms with van der Waals surface area (Å²) < 4.78 is 34.5. The summed E-state index contributed by atoms with van der Waals surface area (Å²) in [5.74, 6) is 0.730. The van der Waals surface area contributed by atoms with Crippen LogP contribution in [0.4, 0.5) is 5.69 Å². The second-order valence-electron chi connectivity index (χ2n) is 9.39. The fourth-order valence-corrected chi connectivity index (χ4v) is 5.46. The molecular weight excluding hydrogens is 512 g/mol. The molecular formula is C30H34N4O4S. The fraction of sp³-hybridized carbons (Fsp3) is 0.267. The van der Waals surface area contributed by atoms with Crippen molar-refractivity contribution in [2.24, 2.45) is 0 Å². The number of carbonyl (C=O) groups is 1. The molecule has 0 saturated carbocycles. The van der Waals surface area contributed by atoms with E-state index in [2.05, 4.69) is 15.0 Å². The maximum absolute atomic E-state index is 13.1. The third kappa shape index (κ3) is 7.34. The van der Waals surface area contributed by atoms with Gasteiger partial charge in [-0.25, -0.2) is 8.42 Å². The van der Waals surface area contributed by atoms with Crippen molar-refractivity contribution in [1.82, 2.24) is 15.2 Å². The van der Waals surface area contributed by atoms with Crippen LogP contribution in [0, 0.1) is 0 Å². The number of benzene rings is 3. The van der Waals surface area contributed by atoms with Crippen molar-refractivity contribution in [3.8, 4) is 5.75 Å². The Kier molecular flexibility index (Phi) is 9.16. The van der Waals surface area contributed by atoms with Gasteiger partial charge in [-0.05, 0) is 74.9 Å². The van der Waals surface area contributed by atoms with Crippen LogP contribution in [0.15, 0.2) is 90.0 Å². The van der Waals surface area contributed by atoms with Gasteiger partial charge in [-0.3, -0.25) is 14.5 Å². The summed E-state index contributed by atoms with van der Waals surface area (Å²) in [6.07, 6.45) is 1.69. The van der Waals surface area contributed by atoms with Crippen LogP contribution in [0.5, 0.6) is 5.75 Å². The zero-order valence-electron chi connectivity index (χ0n) is 22.4. The molecule has 0 atom stereocenters. The molecule has 1 aromatic heterocycles. The number of ether oxygens (including phenoxy) is 1. The van der Waals surface area contributed by atoms with E-state index >= 15 is 0 Å². The van der Waals surface area contributed by atoms with E-state index in [-0.39, 0.29) is 16.9 Å². The lowest BCUT2D eigenvalue weighted by atomic mass is 10.2. The first kappa shape index (κ1) is 28.1. The van der Waals surface area contributed by atoms with Crippen LogP contribution in [0.3, 0.4) is 0 Å². The van der Waals surface area contributed by atoms with Crippen molar-refractivity contribution in [2.75, 3.05) is 24.4 Å². The Balaban J connectivity index is 1.34. The molecule has 0 spiro atoms. The zero-order valence-corrected chi connectivity index (χ0v) is 23.2. The predicted octanol–water partition coefficient (Wildman–Crippen LogP) is 5.07. The zero-order chi connectivity index (χ0) is 27.8. The molecule has 0 fully saturated rings. The summed E-state index contributed by atoms with van der Waals surface area (Å²) in [4.78, 5) is 19.2. The molecule has 39 heavy (non-hydrogen) atoms. The molecule has 0 aliphatic carbocycles. The summed E-state index contributed by atoms with van der Waals surface area (Å²) in [5, 5.41) is 4.13. The molecule has 3 aromatic carbocycles. The number of pyridine rings is 1. The Labute approximate surface area is 230 Å². The highest BCUT2D eigenvalue weighted by atomic mass is 32.2. The number of hydrogen-bond donors (Lipinski definition) is 2. The monoisotopic (exact) mass is 546 g/mol. The SMILES string of the molecule is CCN(CCNCc1cccc(OC(C)C)c1)C(=O)c1ccc(NS(=O)(=O)c2cccc3cccnc23)cc1. The first-order valence-electron chi connectivity index (χ1n) is 13.0. The van der Waals surface area contributed by atoms with Gasteiger partial charge in [0, 0.05) is 49.0 Å². The summed E-state index contributed by atoms with van der Waals surface area (Å²) in [5.41, 5.74) is 2.38. The lowest BCUT2D eigenvalue weighted by Gasteiger charge is -2.21. The van der Waals surface area contributed by atoms with Gasteiger partial charge in [-0.1, -0.05) is 30.3 Å². The average molecular weight is 547 g/mol. The maximum Gasteiger partial charge on any atom is 0.264 e. The molecule has 204 valence electrons. The molecule has 0 saturated heterocycles. The van der Waals surface area contributed by atoms with Gasteiger partial charge in [0.05, 0.1) is 11.6 Å². The second kappa shape index (κ2) is 12.7.